The Bertz CT molecular complexity index is 1190. The number of likely N-dealkylation sites (N-methyl/N-ethyl adjacent to an activating group) is 1. The number of aromatic nitrogens is 5. The van der Waals surface area contributed by atoms with Crippen LogP contribution in [-0.4, -0.2) is 50.7 Å². The van der Waals surface area contributed by atoms with Crippen molar-refractivity contribution in [2.45, 2.75) is 57.9 Å². The summed E-state index contributed by atoms with van der Waals surface area (Å²) in [6.45, 7) is 4.92. The van der Waals surface area contributed by atoms with E-state index in [1.165, 1.54) is 17.2 Å². The minimum absolute atomic E-state index is 0.0848. The third-order valence-electron chi connectivity index (χ3n) is 6.61. The summed E-state index contributed by atoms with van der Waals surface area (Å²) in [6.07, 6.45) is 5.79. The lowest BCUT2D eigenvalue weighted by molar-refractivity contribution is -0.119. The Kier molecular flexibility index (Phi) is 5.89. The zero-order valence-electron chi connectivity index (χ0n) is 19.7. The van der Waals surface area contributed by atoms with E-state index in [1.807, 2.05) is 11.0 Å². The summed E-state index contributed by atoms with van der Waals surface area (Å²) in [7, 11) is 1.69. The number of halogens is 1. The highest BCUT2D eigenvalue weighted by molar-refractivity contribution is 5.98. The fourth-order valence-electron chi connectivity index (χ4n) is 4.65. The average Bonchev–Trinajstić information content (AvgIpc) is 3.58. The molecule has 1 aliphatic carbocycles. The molecule has 3 aromatic heterocycles. The van der Waals surface area contributed by atoms with Crippen molar-refractivity contribution in [3.63, 3.8) is 0 Å². The van der Waals surface area contributed by atoms with Crippen molar-refractivity contribution < 1.29 is 9.18 Å². The molecule has 1 atom stereocenters. The van der Waals surface area contributed by atoms with Crippen LogP contribution in [0, 0.1) is 5.95 Å². The van der Waals surface area contributed by atoms with E-state index < -0.39 is 5.95 Å². The number of hydrogen-bond acceptors (Lipinski definition) is 7. The highest BCUT2D eigenvalue weighted by atomic mass is 19.1. The van der Waals surface area contributed by atoms with Crippen LogP contribution in [0.2, 0.25) is 0 Å². The monoisotopic (exact) mass is 464 g/mol. The Morgan fingerprint density at radius 1 is 1.26 bits per heavy atom. The Labute approximate surface area is 197 Å². The number of amides is 1. The number of nitrogens with one attached hydrogen (secondary N) is 2. The molecule has 0 radical (unpaired) electrons. The number of nitrogens with zero attached hydrogens (tertiary/aromatic N) is 6. The number of rotatable bonds is 6. The van der Waals surface area contributed by atoms with E-state index in [-0.39, 0.29) is 11.9 Å². The van der Waals surface area contributed by atoms with Crippen LogP contribution in [0.15, 0.2) is 24.4 Å². The molecule has 34 heavy (non-hydrogen) atoms. The highest BCUT2D eigenvalue weighted by Crippen LogP contribution is 2.33. The standard InChI is InChI=1S/C24H29FN8O/c1-14(2)18-12-21(31-30-18)28-22-16-6-4-7-17(16)27-24(29-22)33-11-5-8-19(33)23(34)32(3)15-9-10-20(25)26-13-15/h9-10,12-14,19H,4-8,11H2,1-3H3,(H2,27,28,29,30,31). The van der Waals surface area contributed by atoms with Gasteiger partial charge in [-0.2, -0.15) is 14.5 Å². The first-order chi connectivity index (χ1) is 16.4. The molecule has 1 amide bonds. The molecule has 1 unspecified atom stereocenters. The van der Waals surface area contributed by atoms with Gasteiger partial charge in [-0.1, -0.05) is 13.8 Å². The number of carbonyl (C=O) groups is 1. The van der Waals surface area contributed by atoms with Crippen LogP contribution < -0.4 is 15.1 Å². The summed E-state index contributed by atoms with van der Waals surface area (Å²) in [5, 5.41) is 10.8. The van der Waals surface area contributed by atoms with Gasteiger partial charge in [0, 0.05) is 30.9 Å². The lowest BCUT2D eigenvalue weighted by Crippen LogP contribution is -2.45. The summed E-state index contributed by atoms with van der Waals surface area (Å²) in [5.41, 5.74) is 3.75. The van der Waals surface area contributed by atoms with E-state index in [4.69, 9.17) is 9.97 Å². The number of anilines is 4. The Hall–Kier alpha value is -3.56. The summed E-state index contributed by atoms with van der Waals surface area (Å²) >= 11 is 0. The molecule has 5 rings (SSSR count). The van der Waals surface area contributed by atoms with Gasteiger partial charge in [0.25, 0.3) is 0 Å². The smallest absolute Gasteiger partial charge is 0.249 e. The molecule has 10 heteroatoms. The molecule has 0 bridgehead atoms. The van der Waals surface area contributed by atoms with E-state index in [1.54, 1.807) is 13.1 Å². The molecule has 1 aliphatic heterocycles. The number of aromatic amines is 1. The van der Waals surface area contributed by atoms with Gasteiger partial charge in [0.05, 0.1) is 17.6 Å². The molecular weight excluding hydrogens is 435 g/mol. The van der Waals surface area contributed by atoms with E-state index in [0.29, 0.717) is 30.5 Å². The van der Waals surface area contributed by atoms with Crippen molar-refractivity contribution in [1.29, 1.82) is 0 Å². The summed E-state index contributed by atoms with van der Waals surface area (Å²) in [6, 6.07) is 4.43. The van der Waals surface area contributed by atoms with E-state index in [2.05, 4.69) is 34.3 Å². The van der Waals surface area contributed by atoms with Crippen LogP contribution in [-0.2, 0) is 17.6 Å². The topological polar surface area (TPSA) is 103 Å². The van der Waals surface area contributed by atoms with Gasteiger partial charge in [-0.3, -0.25) is 9.89 Å². The minimum Gasteiger partial charge on any atom is -0.329 e. The number of H-pyrrole nitrogens is 1. The van der Waals surface area contributed by atoms with Crippen molar-refractivity contribution >= 4 is 29.2 Å². The van der Waals surface area contributed by atoms with Crippen molar-refractivity contribution in [2.24, 2.45) is 0 Å². The van der Waals surface area contributed by atoms with Gasteiger partial charge in [0.2, 0.25) is 17.8 Å². The second kappa shape index (κ2) is 9.00. The van der Waals surface area contributed by atoms with Crippen LogP contribution in [0.4, 0.5) is 27.7 Å². The van der Waals surface area contributed by atoms with Gasteiger partial charge in [-0.05, 0) is 50.2 Å². The number of hydrogen-bond donors (Lipinski definition) is 2. The van der Waals surface area contributed by atoms with Gasteiger partial charge >= 0.3 is 0 Å². The molecule has 0 aromatic carbocycles. The Balaban J connectivity index is 1.42. The zero-order valence-corrected chi connectivity index (χ0v) is 19.7. The van der Waals surface area contributed by atoms with Crippen LogP contribution in [0.25, 0.3) is 0 Å². The number of carbonyl (C=O) groups excluding carboxylic acids is 1. The second-order valence-electron chi connectivity index (χ2n) is 9.23. The molecule has 2 aliphatic rings. The third kappa shape index (κ3) is 4.20. The van der Waals surface area contributed by atoms with E-state index in [0.717, 1.165) is 54.3 Å². The molecule has 1 fully saturated rings. The van der Waals surface area contributed by atoms with Crippen molar-refractivity contribution in [1.82, 2.24) is 25.1 Å². The normalized spacial score (nSPS) is 17.3. The predicted molar refractivity (Wildman–Crippen MR) is 128 cm³/mol. The summed E-state index contributed by atoms with van der Waals surface area (Å²) in [5.74, 6) is 1.73. The molecule has 2 N–H and O–H groups in total. The first kappa shape index (κ1) is 22.2. The maximum absolute atomic E-state index is 13.4. The maximum atomic E-state index is 13.4. The van der Waals surface area contributed by atoms with E-state index in [9.17, 15) is 9.18 Å². The fourth-order valence-corrected chi connectivity index (χ4v) is 4.65. The predicted octanol–water partition coefficient (Wildman–Crippen LogP) is 3.72. The quantitative estimate of drug-likeness (QED) is 0.536. The number of fused-ring (bicyclic) bond motifs is 1. The number of aryl methyl sites for hydroxylation is 1. The molecule has 178 valence electrons. The maximum Gasteiger partial charge on any atom is 0.249 e. The van der Waals surface area contributed by atoms with Gasteiger partial charge in [0.15, 0.2) is 5.82 Å². The van der Waals surface area contributed by atoms with Gasteiger partial charge in [-0.15, -0.1) is 0 Å². The molecule has 3 aromatic rings. The fraction of sp³-hybridized carbons (Fsp3) is 0.458. The average molecular weight is 465 g/mol. The summed E-state index contributed by atoms with van der Waals surface area (Å²) in [4.78, 5) is 30.3. The lowest BCUT2D eigenvalue weighted by Gasteiger charge is -2.28. The van der Waals surface area contributed by atoms with Crippen molar-refractivity contribution in [2.75, 3.05) is 28.7 Å². The molecule has 0 spiro atoms. The molecular formula is C24H29FN8O. The van der Waals surface area contributed by atoms with Gasteiger partial charge in [-0.25, -0.2) is 9.97 Å². The molecule has 0 saturated carbocycles. The number of pyridine rings is 1. The van der Waals surface area contributed by atoms with Gasteiger partial charge in [0.1, 0.15) is 11.9 Å². The SMILES string of the molecule is CC(C)c1cc(Nc2nc(N3CCCC3C(=O)N(C)c3ccc(F)nc3)nc3c2CCC3)n[nH]1. The lowest BCUT2D eigenvalue weighted by atomic mass is 10.1. The molecule has 9 nitrogen and oxygen atoms in total. The van der Waals surface area contributed by atoms with E-state index >= 15 is 0 Å². The first-order valence-corrected chi connectivity index (χ1v) is 11.8. The van der Waals surface area contributed by atoms with Gasteiger partial charge < -0.3 is 15.1 Å². The summed E-state index contributed by atoms with van der Waals surface area (Å²) < 4.78 is 13.2. The first-order valence-electron chi connectivity index (χ1n) is 11.8. The van der Waals surface area contributed by atoms with Crippen LogP contribution >= 0.6 is 0 Å². The molecule has 1 saturated heterocycles. The third-order valence-corrected chi connectivity index (χ3v) is 6.61. The largest absolute Gasteiger partial charge is 0.329 e. The van der Waals surface area contributed by atoms with Crippen LogP contribution in [0.1, 0.15) is 56.0 Å². The van der Waals surface area contributed by atoms with Crippen molar-refractivity contribution in [3.8, 4) is 0 Å². The Morgan fingerprint density at radius 2 is 2.12 bits per heavy atom. The van der Waals surface area contributed by atoms with Crippen molar-refractivity contribution in [3.05, 3.63) is 47.3 Å². The highest BCUT2D eigenvalue weighted by Gasteiger charge is 2.36. The second-order valence-corrected chi connectivity index (χ2v) is 9.23. The minimum atomic E-state index is -0.573. The zero-order chi connectivity index (χ0) is 23.8. The Morgan fingerprint density at radius 3 is 2.85 bits per heavy atom. The molecule has 4 heterocycles. The van der Waals surface area contributed by atoms with Crippen LogP contribution in [0.3, 0.4) is 0 Å². The van der Waals surface area contributed by atoms with Crippen LogP contribution in [0.5, 0.6) is 0 Å².